The fourth-order valence-electron chi connectivity index (χ4n) is 2.49. The van der Waals surface area contributed by atoms with Crippen LogP contribution in [0.4, 0.5) is 0 Å². The molecule has 2 fully saturated rings. The van der Waals surface area contributed by atoms with Crippen molar-refractivity contribution < 1.29 is 0 Å². The van der Waals surface area contributed by atoms with Crippen molar-refractivity contribution in [2.24, 2.45) is 5.41 Å². The Kier molecular flexibility index (Phi) is 2.16. The Hall–Kier alpha value is -0.0400. The van der Waals surface area contributed by atoms with E-state index in [9.17, 15) is 0 Å². The van der Waals surface area contributed by atoms with E-state index in [1.54, 1.807) is 0 Å². The zero-order chi connectivity index (χ0) is 8.60. The van der Waals surface area contributed by atoms with Crippen LogP contribution >= 0.6 is 0 Å². The Morgan fingerprint density at radius 3 is 2.25 bits per heavy atom. The summed E-state index contributed by atoms with van der Waals surface area (Å²) in [5.74, 6) is 0. The molecule has 0 saturated heterocycles. The van der Waals surface area contributed by atoms with E-state index in [1.807, 2.05) is 0 Å². The van der Waals surface area contributed by atoms with E-state index in [4.69, 9.17) is 0 Å². The van der Waals surface area contributed by atoms with Gasteiger partial charge in [-0.05, 0) is 37.5 Å². The van der Waals surface area contributed by atoms with Crippen molar-refractivity contribution in [1.82, 2.24) is 5.32 Å². The standard InChI is InChI=1S/C11H21N/c1-11(2)7-6-10(8-11)12-9-4-3-5-9/h9-10,12H,3-8H2,1-2H3. The lowest BCUT2D eigenvalue weighted by Crippen LogP contribution is -2.41. The van der Waals surface area contributed by atoms with Crippen molar-refractivity contribution in [3.63, 3.8) is 0 Å². The van der Waals surface area contributed by atoms with E-state index in [0.717, 1.165) is 12.1 Å². The second-order valence-electron chi connectivity index (χ2n) is 5.40. The van der Waals surface area contributed by atoms with Gasteiger partial charge in [0.15, 0.2) is 0 Å². The molecule has 0 spiro atoms. The van der Waals surface area contributed by atoms with Crippen LogP contribution in [0.5, 0.6) is 0 Å². The van der Waals surface area contributed by atoms with Crippen molar-refractivity contribution in [2.45, 2.75) is 64.5 Å². The van der Waals surface area contributed by atoms with E-state index in [0.29, 0.717) is 5.41 Å². The van der Waals surface area contributed by atoms with E-state index >= 15 is 0 Å². The van der Waals surface area contributed by atoms with Crippen LogP contribution in [0.3, 0.4) is 0 Å². The molecule has 0 aromatic rings. The Balaban J connectivity index is 1.75. The van der Waals surface area contributed by atoms with E-state index in [-0.39, 0.29) is 0 Å². The summed E-state index contributed by atoms with van der Waals surface area (Å²) in [7, 11) is 0. The largest absolute Gasteiger partial charge is 0.311 e. The summed E-state index contributed by atoms with van der Waals surface area (Å²) in [6.45, 7) is 4.80. The van der Waals surface area contributed by atoms with Crippen molar-refractivity contribution in [3.05, 3.63) is 0 Å². The van der Waals surface area contributed by atoms with Gasteiger partial charge in [-0.15, -0.1) is 0 Å². The van der Waals surface area contributed by atoms with Crippen LogP contribution in [0.1, 0.15) is 52.4 Å². The summed E-state index contributed by atoms with van der Waals surface area (Å²) < 4.78 is 0. The normalized spacial score (nSPS) is 35.0. The van der Waals surface area contributed by atoms with Crippen molar-refractivity contribution in [1.29, 1.82) is 0 Å². The number of hydrogen-bond donors (Lipinski definition) is 1. The maximum atomic E-state index is 3.77. The van der Waals surface area contributed by atoms with Crippen LogP contribution in [0.25, 0.3) is 0 Å². The summed E-state index contributed by atoms with van der Waals surface area (Å²) in [6, 6.07) is 1.72. The minimum Gasteiger partial charge on any atom is -0.311 e. The molecule has 0 bridgehead atoms. The molecule has 0 radical (unpaired) electrons. The van der Waals surface area contributed by atoms with Gasteiger partial charge in [0.1, 0.15) is 0 Å². The minimum absolute atomic E-state index is 0.613. The fourth-order valence-corrected chi connectivity index (χ4v) is 2.49. The average molecular weight is 167 g/mol. The molecule has 2 aliphatic carbocycles. The number of nitrogens with one attached hydrogen (secondary N) is 1. The lowest BCUT2D eigenvalue weighted by Gasteiger charge is -2.30. The highest BCUT2D eigenvalue weighted by atomic mass is 15.0. The van der Waals surface area contributed by atoms with Crippen LogP contribution < -0.4 is 5.32 Å². The van der Waals surface area contributed by atoms with Crippen LogP contribution in [0.2, 0.25) is 0 Å². The second-order valence-corrected chi connectivity index (χ2v) is 5.40. The van der Waals surface area contributed by atoms with E-state index in [2.05, 4.69) is 19.2 Å². The summed E-state index contributed by atoms with van der Waals surface area (Å²) in [5, 5.41) is 3.77. The first-order valence-corrected chi connectivity index (χ1v) is 5.42. The SMILES string of the molecule is CC1(C)CCC(NC2CCC2)C1. The smallest absolute Gasteiger partial charge is 0.00749 e. The molecule has 1 nitrogen and oxygen atoms in total. The highest BCUT2D eigenvalue weighted by molar-refractivity contribution is 4.89. The Morgan fingerprint density at radius 2 is 1.83 bits per heavy atom. The lowest BCUT2D eigenvalue weighted by molar-refractivity contribution is 0.289. The molecule has 12 heavy (non-hydrogen) atoms. The van der Waals surface area contributed by atoms with Gasteiger partial charge in [0.2, 0.25) is 0 Å². The summed E-state index contributed by atoms with van der Waals surface area (Å²) in [6.07, 6.45) is 8.52. The van der Waals surface area contributed by atoms with Gasteiger partial charge in [0.25, 0.3) is 0 Å². The molecule has 0 aromatic carbocycles. The van der Waals surface area contributed by atoms with Gasteiger partial charge >= 0.3 is 0 Å². The van der Waals surface area contributed by atoms with Crippen molar-refractivity contribution in [2.75, 3.05) is 0 Å². The van der Waals surface area contributed by atoms with Crippen LogP contribution in [-0.2, 0) is 0 Å². The van der Waals surface area contributed by atoms with Crippen LogP contribution in [-0.4, -0.2) is 12.1 Å². The average Bonchev–Trinajstić information content (AvgIpc) is 2.21. The molecule has 0 heterocycles. The van der Waals surface area contributed by atoms with Gasteiger partial charge in [-0.1, -0.05) is 20.3 Å². The van der Waals surface area contributed by atoms with Gasteiger partial charge in [0.05, 0.1) is 0 Å². The number of hydrogen-bond acceptors (Lipinski definition) is 1. The molecule has 1 atom stereocenters. The third-order valence-corrected chi connectivity index (χ3v) is 3.55. The van der Waals surface area contributed by atoms with Gasteiger partial charge < -0.3 is 5.32 Å². The summed E-state index contributed by atoms with van der Waals surface area (Å²) in [5.41, 5.74) is 0.613. The van der Waals surface area contributed by atoms with Gasteiger partial charge in [-0.2, -0.15) is 0 Å². The van der Waals surface area contributed by atoms with Crippen molar-refractivity contribution in [3.8, 4) is 0 Å². The Labute approximate surface area is 75.9 Å². The van der Waals surface area contributed by atoms with Gasteiger partial charge in [0, 0.05) is 12.1 Å². The summed E-state index contributed by atoms with van der Waals surface area (Å²) in [4.78, 5) is 0. The van der Waals surface area contributed by atoms with E-state index < -0.39 is 0 Å². The highest BCUT2D eigenvalue weighted by Gasteiger charge is 2.32. The fraction of sp³-hybridized carbons (Fsp3) is 1.00. The zero-order valence-corrected chi connectivity index (χ0v) is 8.40. The van der Waals surface area contributed by atoms with Gasteiger partial charge in [-0.25, -0.2) is 0 Å². The first-order valence-electron chi connectivity index (χ1n) is 5.42. The molecule has 1 unspecified atom stereocenters. The molecule has 0 aliphatic heterocycles. The van der Waals surface area contributed by atoms with Gasteiger partial charge in [-0.3, -0.25) is 0 Å². The lowest BCUT2D eigenvalue weighted by atomic mass is 9.90. The molecule has 2 aliphatic rings. The topological polar surface area (TPSA) is 12.0 Å². The Bertz CT molecular complexity index is 158. The molecule has 0 aromatic heterocycles. The molecule has 2 rings (SSSR count). The maximum absolute atomic E-state index is 3.77. The molecule has 1 heteroatoms. The molecule has 70 valence electrons. The van der Waals surface area contributed by atoms with E-state index in [1.165, 1.54) is 38.5 Å². The monoisotopic (exact) mass is 167 g/mol. The molecular formula is C11H21N. The second kappa shape index (κ2) is 3.02. The Morgan fingerprint density at radius 1 is 1.08 bits per heavy atom. The molecule has 0 amide bonds. The predicted molar refractivity (Wildman–Crippen MR) is 52.2 cm³/mol. The highest BCUT2D eigenvalue weighted by Crippen LogP contribution is 2.37. The maximum Gasteiger partial charge on any atom is 0.00749 e. The van der Waals surface area contributed by atoms with Crippen LogP contribution in [0.15, 0.2) is 0 Å². The zero-order valence-electron chi connectivity index (χ0n) is 8.40. The first kappa shape index (κ1) is 8.55. The molecular weight excluding hydrogens is 146 g/mol. The third-order valence-electron chi connectivity index (χ3n) is 3.55. The molecule has 1 N–H and O–H groups in total. The third kappa shape index (κ3) is 1.82. The first-order chi connectivity index (χ1) is 5.66. The predicted octanol–water partition coefficient (Wildman–Crippen LogP) is 2.71. The minimum atomic E-state index is 0.613. The molecule has 2 saturated carbocycles. The van der Waals surface area contributed by atoms with Crippen LogP contribution in [0, 0.1) is 5.41 Å². The summed E-state index contributed by atoms with van der Waals surface area (Å²) >= 11 is 0. The van der Waals surface area contributed by atoms with Crippen molar-refractivity contribution >= 4 is 0 Å². The quantitative estimate of drug-likeness (QED) is 0.667. The number of rotatable bonds is 2.